The first-order chi connectivity index (χ1) is 16.3. The molecule has 1 unspecified atom stereocenters. The largest absolute Gasteiger partial charge is 0.489 e. The highest BCUT2D eigenvalue weighted by molar-refractivity contribution is 5.89. The molecule has 0 bridgehead atoms. The van der Waals surface area contributed by atoms with Crippen molar-refractivity contribution in [3.63, 3.8) is 0 Å². The first kappa shape index (κ1) is 23.0. The van der Waals surface area contributed by atoms with Gasteiger partial charge in [0.05, 0.1) is 11.9 Å². The SMILES string of the molecule is Cn1c(=O)c2c(ncn2CCC(O)OC(=O)c2ccc(OCc3ccccc3)cc2)n(C)c1=O. The highest BCUT2D eigenvalue weighted by atomic mass is 16.6. The van der Waals surface area contributed by atoms with E-state index in [1.807, 2.05) is 30.3 Å². The number of aryl methyl sites for hydroxylation is 2. The van der Waals surface area contributed by atoms with Gasteiger partial charge in [-0.15, -0.1) is 0 Å². The van der Waals surface area contributed by atoms with Gasteiger partial charge in [0.2, 0.25) is 6.29 Å². The molecular formula is C24H24N4O6. The highest BCUT2D eigenvalue weighted by Crippen LogP contribution is 2.16. The molecule has 0 spiro atoms. The van der Waals surface area contributed by atoms with Crippen molar-refractivity contribution in [1.29, 1.82) is 0 Å². The van der Waals surface area contributed by atoms with Gasteiger partial charge in [0, 0.05) is 27.1 Å². The van der Waals surface area contributed by atoms with Gasteiger partial charge in [-0.05, 0) is 29.8 Å². The number of esters is 1. The maximum absolute atomic E-state index is 12.5. The van der Waals surface area contributed by atoms with Crippen molar-refractivity contribution in [2.75, 3.05) is 0 Å². The Balaban J connectivity index is 1.34. The van der Waals surface area contributed by atoms with Crippen LogP contribution in [0.25, 0.3) is 11.2 Å². The van der Waals surface area contributed by atoms with Crippen molar-refractivity contribution >= 4 is 17.1 Å². The maximum atomic E-state index is 12.5. The smallest absolute Gasteiger partial charge is 0.340 e. The van der Waals surface area contributed by atoms with Crippen LogP contribution >= 0.6 is 0 Å². The summed E-state index contributed by atoms with van der Waals surface area (Å²) < 4.78 is 14.6. The van der Waals surface area contributed by atoms with Crippen LogP contribution in [-0.2, 0) is 32.0 Å². The Hall–Kier alpha value is -4.18. The van der Waals surface area contributed by atoms with Gasteiger partial charge in [0.1, 0.15) is 12.4 Å². The molecule has 2 aromatic heterocycles. The average Bonchev–Trinajstić information content (AvgIpc) is 3.29. The van der Waals surface area contributed by atoms with Gasteiger partial charge in [-0.1, -0.05) is 30.3 Å². The molecule has 10 heteroatoms. The lowest BCUT2D eigenvalue weighted by Gasteiger charge is -2.13. The third-order valence-corrected chi connectivity index (χ3v) is 5.42. The minimum absolute atomic E-state index is 0.0292. The molecule has 176 valence electrons. The van der Waals surface area contributed by atoms with Crippen molar-refractivity contribution in [2.24, 2.45) is 14.1 Å². The molecule has 4 rings (SSSR count). The van der Waals surface area contributed by atoms with Crippen molar-refractivity contribution in [2.45, 2.75) is 25.9 Å². The summed E-state index contributed by atoms with van der Waals surface area (Å²) in [5, 5.41) is 10.2. The predicted molar refractivity (Wildman–Crippen MR) is 123 cm³/mol. The number of aromatic nitrogens is 4. The number of nitrogens with zero attached hydrogens (tertiary/aromatic N) is 4. The van der Waals surface area contributed by atoms with Crippen LogP contribution in [0.1, 0.15) is 22.3 Å². The van der Waals surface area contributed by atoms with Crippen LogP contribution in [0.5, 0.6) is 5.75 Å². The zero-order valence-corrected chi connectivity index (χ0v) is 18.7. The van der Waals surface area contributed by atoms with Crippen molar-refractivity contribution in [3.05, 3.63) is 92.9 Å². The van der Waals surface area contributed by atoms with E-state index in [-0.39, 0.29) is 29.7 Å². The summed E-state index contributed by atoms with van der Waals surface area (Å²) >= 11 is 0. The Morgan fingerprint density at radius 1 is 1.03 bits per heavy atom. The number of fused-ring (bicyclic) bond motifs is 1. The average molecular weight is 464 g/mol. The Labute approximate surface area is 194 Å². The standard InChI is InChI=1S/C24H24N4O6/c1-26-21-20(22(30)27(2)24(26)32)28(15-25-21)13-12-19(29)34-23(31)17-8-10-18(11-9-17)33-14-16-6-4-3-5-7-16/h3-11,15,19,29H,12-14H2,1-2H3. The molecule has 0 fully saturated rings. The third kappa shape index (κ3) is 4.76. The molecule has 1 N–H and O–H groups in total. The molecule has 2 aromatic carbocycles. The number of carbonyl (C=O) groups is 1. The number of rotatable bonds is 8. The Bertz CT molecular complexity index is 1420. The molecule has 4 aromatic rings. The summed E-state index contributed by atoms with van der Waals surface area (Å²) in [5.41, 5.74) is 0.802. The van der Waals surface area contributed by atoms with Crippen LogP contribution in [0, 0.1) is 0 Å². The Kier molecular flexibility index (Phi) is 6.60. The second-order valence-corrected chi connectivity index (χ2v) is 7.76. The molecule has 1 atom stereocenters. The summed E-state index contributed by atoms with van der Waals surface area (Å²) in [6, 6.07) is 16.1. The summed E-state index contributed by atoms with van der Waals surface area (Å²) in [7, 11) is 2.91. The number of hydrogen-bond donors (Lipinski definition) is 1. The van der Waals surface area contributed by atoms with E-state index in [1.54, 1.807) is 24.3 Å². The van der Waals surface area contributed by atoms with E-state index in [2.05, 4.69) is 4.98 Å². The van der Waals surface area contributed by atoms with Crippen LogP contribution in [0.15, 0.2) is 70.5 Å². The minimum atomic E-state index is -1.39. The van der Waals surface area contributed by atoms with E-state index in [0.29, 0.717) is 12.4 Å². The second-order valence-electron chi connectivity index (χ2n) is 7.76. The second kappa shape index (κ2) is 9.75. The summed E-state index contributed by atoms with van der Waals surface area (Å²) in [4.78, 5) is 41.0. The van der Waals surface area contributed by atoms with E-state index in [4.69, 9.17) is 9.47 Å². The van der Waals surface area contributed by atoms with Crippen LogP contribution < -0.4 is 16.0 Å². The zero-order chi connectivity index (χ0) is 24.2. The molecule has 0 amide bonds. The number of aliphatic hydroxyl groups is 1. The third-order valence-electron chi connectivity index (χ3n) is 5.42. The zero-order valence-electron chi connectivity index (χ0n) is 18.7. The van der Waals surface area contributed by atoms with Crippen LogP contribution in [0.2, 0.25) is 0 Å². The van der Waals surface area contributed by atoms with Crippen LogP contribution in [0.3, 0.4) is 0 Å². The van der Waals surface area contributed by atoms with E-state index in [1.165, 1.54) is 29.6 Å². The lowest BCUT2D eigenvalue weighted by molar-refractivity contribution is -0.0701. The van der Waals surface area contributed by atoms with E-state index in [0.717, 1.165) is 10.1 Å². The summed E-state index contributed by atoms with van der Waals surface area (Å²) in [6.45, 7) is 0.564. The molecule has 0 aliphatic carbocycles. The predicted octanol–water partition coefficient (Wildman–Crippen LogP) is 1.58. The number of benzene rings is 2. The van der Waals surface area contributed by atoms with Crippen molar-refractivity contribution in [3.8, 4) is 5.75 Å². The van der Waals surface area contributed by atoms with Crippen LogP contribution in [-0.4, -0.2) is 36.1 Å². The van der Waals surface area contributed by atoms with Gasteiger partial charge >= 0.3 is 11.7 Å². The summed E-state index contributed by atoms with van der Waals surface area (Å²) in [5.74, 6) is -0.0835. The van der Waals surface area contributed by atoms with Crippen molar-refractivity contribution < 1.29 is 19.4 Å². The molecule has 10 nitrogen and oxygen atoms in total. The number of aliphatic hydroxyl groups excluding tert-OH is 1. The minimum Gasteiger partial charge on any atom is -0.489 e. The van der Waals surface area contributed by atoms with Crippen LogP contribution in [0.4, 0.5) is 0 Å². The molecule has 0 aliphatic rings. The van der Waals surface area contributed by atoms with Gasteiger partial charge in [-0.3, -0.25) is 13.9 Å². The lowest BCUT2D eigenvalue weighted by Crippen LogP contribution is -2.37. The van der Waals surface area contributed by atoms with Gasteiger partial charge in [-0.2, -0.15) is 0 Å². The maximum Gasteiger partial charge on any atom is 0.340 e. The fourth-order valence-electron chi connectivity index (χ4n) is 3.49. The van der Waals surface area contributed by atoms with E-state index >= 15 is 0 Å². The van der Waals surface area contributed by atoms with Gasteiger partial charge < -0.3 is 19.1 Å². The van der Waals surface area contributed by atoms with E-state index < -0.39 is 23.5 Å². The normalized spacial score (nSPS) is 12.0. The molecular weight excluding hydrogens is 440 g/mol. The highest BCUT2D eigenvalue weighted by Gasteiger charge is 2.17. The van der Waals surface area contributed by atoms with Gasteiger partial charge in [0.25, 0.3) is 5.56 Å². The fraction of sp³-hybridized carbons (Fsp3) is 0.250. The quantitative estimate of drug-likeness (QED) is 0.311. The molecule has 0 saturated heterocycles. The van der Waals surface area contributed by atoms with Gasteiger partial charge in [-0.25, -0.2) is 14.6 Å². The molecule has 2 heterocycles. The number of imidazole rings is 1. The summed E-state index contributed by atoms with van der Waals surface area (Å²) in [6.07, 6.45) is 0.0470. The number of carbonyl (C=O) groups excluding carboxylic acids is 1. The number of ether oxygens (including phenoxy) is 2. The number of hydrogen-bond acceptors (Lipinski definition) is 7. The molecule has 34 heavy (non-hydrogen) atoms. The topological polar surface area (TPSA) is 118 Å². The molecule has 0 aliphatic heterocycles. The lowest BCUT2D eigenvalue weighted by atomic mass is 10.2. The fourth-order valence-corrected chi connectivity index (χ4v) is 3.49. The van der Waals surface area contributed by atoms with Crippen molar-refractivity contribution in [1.82, 2.24) is 18.7 Å². The molecule has 0 radical (unpaired) electrons. The first-order valence-corrected chi connectivity index (χ1v) is 10.6. The first-order valence-electron chi connectivity index (χ1n) is 10.6. The molecule has 0 saturated carbocycles. The monoisotopic (exact) mass is 464 g/mol. The van der Waals surface area contributed by atoms with Gasteiger partial charge in [0.15, 0.2) is 11.2 Å². The Morgan fingerprint density at radius 2 is 1.74 bits per heavy atom. The van der Waals surface area contributed by atoms with E-state index in [9.17, 15) is 19.5 Å². The Morgan fingerprint density at radius 3 is 2.44 bits per heavy atom.